The fraction of sp³-hybridized carbons (Fsp3) is 0.571. The summed E-state index contributed by atoms with van der Waals surface area (Å²) in [5, 5.41) is 3.62. The Morgan fingerprint density at radius 3 is 2.88 bits per heavy atom. The first-order valence-corrected chi connectivity index (χ1v) is 6.11. The van der Waals surface area contributed by atoms with Gasteiger partial charge in [0.1, 0.15) is 5.75 Å². The van der Waals surface area contributed by atoms with E-state index in [1.54, 1.807) is 7.11 Å². The second kappa shape index (κ2) is 4.88. The number of fused-ring (bicyclic) bond motifs is 1. The Balaban J connectivity index is 2.15. The Morgan fingerprint density at radius 2 is 2.19 bits per heavy atom. The summed E-state index contributed by atoms with van der Waals surface area (Å²) in [5.74, 6) is 1.06. The molecule has 0 amide bonds. The smallest absolute Gasteiger partial charge is 0.122 e. The molecule has 1 atom stereocenters. The minimum atomic E-state index is 0.567. The molecule has 88 valence electrons. The van der Waals surface area contributed by atoms with Crippen LogP contribution in [-0.4, -0.2) is 19.2 Å². The highest BCUT2D eigenvalue weighted by atomic mass is 16.5. The van der Waals surface area contributed by atoms with Crippen LogP contribution in [0.4, 0.5) is 0 Å². The van der Waals surface area contributed by atoms with Crippen LogP contribution in [0.3, 0.4) is 0 Å². The third-order valence-corrected chi connectivity index (χ3v) is 3.23. The van der Waals surface area contributed by atoms with E-state index in [1.807, 2.05) is 0 Å². The molecule has 0 saturated heterocycles. The van der Waals surface area contributed by atoms with Crippen LogP contribution in [0, 0.1) is 0 Å². The first-order chi connectivity index (χ1) is 7.70. The summed E-state index contributed by atoms with van der Waals surface area (Å²) in [4.78, 5) is 0. The molecule has 1 aromatic rings. The second-order valence-corrected chi connectivity index (χ2v) is 4.86. The molecule has 1 N–H and O–H groups in total. The number of nitrogens with one attached hydrogen (secondary N) is 1. The molecule has 0 aromatic heterocycles. The average molecular weight is 219 g/mol. The van der Waals surface area contributed by atoms with Gasteiger partial charge in [-0.25, -0.2) is 0 Å². The topological polar surface area (TPSA) is 21.3 Å². The van der Waals surface area contributed by atoms with Gasteiger partial charge >= 0.3 is 0 Å². The summed E-state index contributed by atoms with van der Waals surface area (Å²) < 4.78 is 5.41. The minimum Gasteiger partial charge on any atom is -0.496 e. The average Bonchev–Trinajstić information content (AvgIpc) is 2.27. The maximum Gasteiger partial charge on any atom is 0.122 e. The van der Waals surface area contributed by atoms with Crippen molar-refractivity contribution in [1.82, 2.24) is 5.32 Å². The highest BCUT2D eigenvalue weighted by Gasteiger charge is 2.21. The molecule has 1 aromatic carbocycles. The number of ether oxygens (including phenoxy) is 1. The van der Waals surface area contributed by atoms with Gasteiger partial charge in [-0.3, -0.25) is 0 Å². The molecule has 16 heavy (non-hydrogen) atoms. The molecule has 0 saturated carbocycles. The van der Waals surface area contributed by atoms with Gasteiger partial charge in [-0.15, -0.1) is 0 Å². The van der Waals surface area contributed by atoms with Crippen molar-refractivity contribution in [2.75, 3.05) is 7.11 Å². The number of rotatable bonds is 3. The predicted molar refractivity (Wildman–Crippen MR) is 67.1 cm³/mol. The largest absolute Gasteiger partial charge is 0.496 e. The summed E-state index contributed by atoms with van der Waals surface area (Å²) in [7, 11) is 1.76. The van der Waals surface area contributed by atoms with Crippen LogP contribution in [0.5, 0.6) is 5.75 Å². The van der Waals surface area contributed by atoms with Gasteiger partial charge in [-0.2, -0.15) is 0 Å². The van der Waals surface area contributed by atoms with Crippen molar-refractivity contribution in [2.45, 2.75) is 45.2 Å². The molecule has 1 unspecified atom stereocenters. The van der Waals surface area contributed by atoms with Crippen LogP contribution >= 0.6 is 0 Å². The van der Waals surface area contributed by atoms with Crippen molar-refractivity contribution < 1.29 is 4.74 Å². The van der Waals surface area contributed by atoms with Crippen molar-refractivity contribution >= 4 is 0 Å². The van der Waals surface area contributed by atoms with Crippen LogP contribution in [0.15, 0.2) is 18.2 Å². The summed E-state index contributed by atoms with van der Waals surface area (Å²) >= 11 is 0. The third-order valence-electron chi connectivity index (χ3n) is 3.23. The molecular formula is C14H21NO. The van der Waals surface area contributed by atoms with E-state index in [-0.39, 0.29) is 0 Å². The lowest BCUT2D eigenvalue weighted by molar-refractivity contribution is 0.389. The molecule has 0 fully saturated rings. The molecule has 0 bridgehead atoms. The van der Waals surface area contributed by atoms with Gasteiger partial charge in [0.05, 0.1) is 7.11 Å². The number of hydrogen-bond donors (Lipinski definition) is 1. The summed E-state index contributed by atoms with van der Waals surface area (Å²) in [6.07, 6.45) is 3.47. The SMILES string of the molecule is COc1cccc2c1CCC(NC(C)C)C2. The summed E-state index contributed by atoms with van der Waals surface area (Å²) in [5.41, 5.74) is 2.86. The fourth-order valence-electron chi connectivity index (χ4n) is 2.58. The van der Waals surface area contributed by atoms with Crippen LogP contribution < -0.4 is 10.1 Å². The lowest BCUT2D eigenvalue weighted by Crippen LogP contribution is -2.38. The molecule has 0 aliphatic heterocycles. The van der Waals surface area contributed by atoms with Gasteiger partial charge in [-0.05, 0) is 36.5 Å². The molecular weight excluding hydrogens is 198 g/mol. The van der Waals surface area contributed by atoms with E-state index < -0.39 is 0 Å². The van der Waals surface area contributed by atoms with E-state index in [0.717, 1.165) is 18.6 Å². The van der Waals surface area contributed by atoms with Crippen molar-refractivity contribution in [2.24, 2.45) is 0 Å². The standard InChI is InChI=1S/C14H21NO/c1-10(2)15-12-7-8-13-11(9-12)5-4-6-14(13)16-3/h4-6,10,12,15H,7-9H2,1-3H3. The van der Waals surface area contributed by atoms with E-state index >= 15 is 0 Å². The third kappa shape index (κ3) is 2.38. The maximum absolute atomic E-state index is 5.41. The number of methoxy groups -OCH3 is 1. The zero-order chi connectivity index (χ0) is 11.5. The van der Waals surface area contributed by atoms with Gasteiger partial charge < -0.3 is 10.1 Å². The van der Waals surface area contributed by atoms with E-state index in [2.05, 4.69) is 37.4 Å². The Bertz CT molecular complexity index is 360. The van der Waals surface area contributed by atoms with Crippen molar-refractivity contribution in [3.63, 3.8) is 0 Å². The zero-order valence-electron chi connectivity index (χ0n) is 10.4. The van der Waals surface area contributed by atoms with Crippen molar-refractivity contribution in [1.29, 1.82) is 0 Å². The van der Waals surface area contributed by atoms with Gasteiger partial charge in [0.2, 0.25) is 0 Å². The molecule has 0 heterocycles. The van der Waals surface area contributed by atoms with E-state index in [1.165, 1.54) is 17.5 Å². The van der Waals surface area contributed by atoms with Gasteiger partial charge in [0.25, 0.3) is 0 Å². The van der Waals surface area contributed by atoms with Crippen LogP contribution in [-0.2, 0) is 12.8 Å². The Morgan fingerprint density at radius 1 is 1.38 bits per heavy atom. The molecule has 1 aliphatic rings. The molecule has 2 heteroatoms. The minimum absolute atomic E-state index is 0.567. The second-order valence-electron chi connectivity index (χ2n) is 4.86. The predicted octanol–water partition coefficient (Wildman–Crippen LogP) is 2.55. The van der Waals surface area contributed by atoms with Crippen LogP contribution in [0.2, 0.25) is 0 Å². The first-order valence-electron chi connectivity index (χ1n) is 6.11. The summed E-state index contributed by atoms with van der Waals surface area (Å²) in [6.45, 7) is 4.42. The van der Waals surface area contributed by atoms with Gasteiger partial charge in [0, 0.05) is 12.1 Å². The van der Waals surface area contributed by atoms with E-state index in [9.17, 15) is 0 Å². The highest BCUT2D eigenvalue weighted by Crippen LogP contribution is 2.29. The Hall–Kier alpha value is -1.02. The van der Waals surface area contributed by atoms with Crippen molar-refractivity contribution in [3.05, 3.63) is 29.3 Å². The normalized spacial score (nSPS) is 19.6. The van der Waals surface area contributed by atoms with Crippen LogP contribution in [0.25, 0.3) is 0 Å². The van der Waals surface area contributed by atoms with Crippen molar-refractivity contribution in [3.8, 4) is 5.75 Å². The number of hydrogen-bond acceptors (Lipinski definition) is 2. The van der Waals surface area contributed by atoms with Crippen LogP contribution in [0.1, 0.15) is 31.4 Å². The molecule has 0 radical (unpaired) electrons. The highest BCUT2D eigenvalue weighted by molar-refractivity contribution is 5.42. The van der Waals surface area contributed by atoms with Gasteiger partial charge in [0.15, 0.2) is 0 Å². The Labute approximate surface area is 98.0 Å². The number of benzene rings is 1. The molecule has 2 rings (SSSR count). The van der Waals surface area contributed by atoms with E-state index in [4.69, 9.17) is 4.74 Å². The quantitative estimate of drug-likeness (QED) is 0.843. The molecule has 1 aliphatic carbocycles. The molecule has 2 nitrogen and oxygen atoms in total. The summed E-state index contributed by atoms with van der Waals surface area (Å²) in [6, 6.07) is 7.58. The Kier molecular flexibility index (Phi) is 3.49. The lowest BCUT2D eigenvalue weighted by Gasteiger charge is -2.28. The molecule has 0 spiro atoms. The maximum atomic E-state index is 5.41. The fourth-order valence-corrected chi connectivity index (χ4v) is 2.58. The zero-order valence-corrected chi connectivity index (χ0v) is 10.4. The monoisotopic (exact) mass is 219 g/mol. The van der Waals surface area contributed by atoms with E-state index in [0.29, 0.717) is 12.1 Å². The lowest BCUT2D eigenvalue weighted by atomic mass is 9.87. The first kappa shape index (κ1) is 11.5. The van der Waals surface area contributed by atoms with Gasteiger partial charge in [-0.1, -0.05) is 26.0 Å².